The lowest BCUT2D eigenvalue weighted by Crippen LogP contribution is -2.11. The first-order valence-corrected chi connectivity index (χ1v) is 11.5. The molecule has 0 unspecified atom stereocenters. The number of hydrogen-bond acceptors (Lipinski definition) is 5. The zero-order valence-electron chi connectivity index (χ0n) is 15.3. The summed E-state index contributed by atoms with van der Waals surface area (Å²) in [7, 11) is 0. The molecule has 3 heterocycles. The van der Waals surface area contributed by atoms with E-state index in [-0.39, 0.29) is 0 Å². The van der Waals surface area contributed by atoms with E-state index in [0.29, 0.717) is 10.3 Å². The summed E-state index contributed by atoms with van der Waals surface area (Å²) in [6.07, 6.45) is 1.83. The molecule has 1 N–H and O–H groups in total. The van der Waals surface area contributed by atoms with E-state index in [1.165, 1.54) is 11.5 Å². The van der Waals surface area contributed by atoms with Crippen LogP contribution in [0.5, 0.6) is 0 Å². The second kappa shape index (κ2) is 7.94. The van der Waals surface area contributed by atoms with E-state index < -0.39 is 0 Å². The molecule has 5 rings (SSSR count). The molecule has 0 spiro atoms. The highest BCUT2D eigenvalue weighted by Gasteiger charge is 2.22. The second-order valence-corrected chi connectivity index (χ2v) is 9.55. The first-order chi connectivity index (χ1) is 13.9. The molecule has 0 amide bonds. The van der Waals surface area contributed by atoms with Crippen molar-refractivity contribution in [1.82, 2.24) is 4.98 Å². The van der Waals surface area contributed by atoms with Gasteiger partial charge in [-0.2, -0.15) is 0 Å². The Morgan fingerprint density at radius 3 is 2.29 bits per heavy atom. The lowest BCUT2D eigenvalue weighted by Gasteiger charge is -2.12. The summed E-state index contributed by atoms with van der Waals surface area (Å²) >= 11 is 4.06. The van der Waals surface area contributed by atoms with Crippen LogP contribution in [0.25, 0.3) is 33.6 Å². The number of nitrogens with one attached hydrogen (secondary N) is 1. The Morgan fingerprint density at radius 2 is 1.57 bits per heavy atom. The molecule has 1 saturated heterocycles. The molecule has 5 heteroatoms. The van der Waals surface area contributed by atoms with Gasteiger partial charge in [-0.3, -0.25) is 0 Å². The van der Waals surface area contributed by atoms with E-state index in [2.05, 4.69) is 52.8 Å². The minimum Gasteiger partial charge on any atom is -0.437 e. The predicted molar refractivity (Wildman–Crippen MR) is 122 cm³/mol. The molecule has 0 bridgehead atoms. The normalized spacial score (nSPS) is 14.6. The Labute approximate surface area is 172 Å². The summed E-state index contributed by atoms with van der Waals surface area (Å²) in [4.78, 5) is 4.54. The molecule has 0 radical (unpaired) electrons. The van der Waals surface area contributed by atoms with Crippen molar-refractivity contribution < 1.29 is 4.42 Å². The van der Waals surface area contributed by atoms with Crippen LogP contribution in [0.3, 0.4) is 0 Å². The standard InChI is InChI=1S/C23H20N2OS2/c1-3-7-16(8-4-1)20-21-18(25-15-19-27-13-14-28-19)11-12-24-23(21)26-22(20)17-9-5-2-6-10-17/h1-12,19H,13-15H2,(H,24,25). The van der Waals surface area contributed by atoms with Gasteiger partial charge in [-0.05, 0) is 11.6 Å². The molecular weight excluding hydrogens is 384 g/mol. The Kier molecular flexibility index (Phi) is 5.02. The quantitative estimate of drug-likeness (QED) is 0.418. The molecule has 2 aromatic carbocycles. The predicted octanol–water partition coefficient (Wildman–Crippen LogP) is 6.38. The van der Waals surface area contributed by atoms with E-state index in [1.54, 1.807) is 0 Å². The maximum Gasteiger partial charge on any atom is 0.229 e. The average molecular weight is 405 g/mol. The number of aromatic nitrogens is 1. The molecule has 0 atom stereocenters. The van der Waals surface area contributed by atoms with Crippen molar-refractivity contribution in [3.8, 4) is 22.5 Å². The average Bonchev–Trinajstić information content (AvgIpc) is 3.41. The molecule has 4 aromatic rings. The summed E-state index contributed by atoms with van der Waals surface area (Å²) < 4.78 is 6.89. The van der Waals surface area contributed by atoms with Gasteiger partial charge < -0.3 is 9.73 Å². The zero-order chi connectivity index (χ0) is 18.8. The van der Waals surface area contributed by atoms with Crippen molar-refractivity contribution in [1.29, 1.82) is 0 Å². The highest BCUT2D eigenvalue weighted by molar-refractivity contribution is 8.20. The number of nitrogens with zero attached hydrogens (tertiary/aromatic N) is 1. The van der Waals surface area contributed by atoms with Gasteiger partial charge in [0.25, 0.3) is 0 Å². The lowest BCUT2D eigenvalue weighted by atomic mass is 9.98. The van der Waals surface area contributed by atoms with Crippen molar-refractivity contribution in [2.75, 3.05) is 23.4 Å². The number of benzene rings is 2. The summed E-state index contributed by atoms with van der Waals surface area (Å²) in [6.45, 7) is 0.939. The highest BCUT2D eigenvalue weighted by Crippen LogP contribution is 2.43. The topological polar surface area (TPSA) is 38.1 Å². The first kappa shape index (κ1) is 17.7. The summed E-state index contributed by atoms with van der Waals surface area (Å²) in [5.74, 6) is 3.34. The van der Waals surface area contributed by atoms with Gasteiger partial charge in [-0.15, -0.1) is 23.5 Å². The van der Waals surface area contributed by atoms with Crippen LogP contribution in [-0.2, 0) is 0 Å². The Hall–Kier alpha value is -2.37. The van der Waals surface area contributed by atoms with Crippen LogP contribution in [0.15, 0.2) is 77.3 Å². The number of fused-ring (bicyclic) bond motifs is 1. The van der Waals surface area contributed by atoms with Gasteiger partial charge in [0, 0.05) is 41.1 Å². The second-order valence-electron chi connectivity index (χ2n) is 6.63. The van der Waals surface area contributed by atoms with E-state index in [0.717, 1.165) is 40.1 Å². The van der Waals surface area contributed by atoms with Crippen LogP contribution in [0, 0.1) is 0 Å². The van der Waals surface area contributed by atoms with Crippen LogP contribution < -0.4 is 5.32 Å². The molecule has 1 aliphatic rings. The molecule has 140 valence electrons. The lowest BCUT2D eigenvalue weighted by molar-refractivity contribution is 0.619. The van der Waals surface area contributed by atoms with Crippen LogP contribution in [0.1, 0.15) is 0 Å². The highest BCUT2D eigenvalue weighted by atomic mass is 32.2. The third-order valence-electron chi connectivity index (χ3n) is 4.84. The number of pyridine rings is 1. The number of rotatable bonds is 5. The molecular formula is C23H20N2OS2. The summed E-state index contributed by atoms with van der Waals surface area (Å²) in [5, 5.41) is 4.72. The van der Waals surface area contributed by atoms with Crippen molar-refractivity contribution in [3.05, 3.63) is 72.9 Å². The maximum atomic E-state index is 6.29. The van der Waals surface area contributed by atoms with E-state index in [9.17, 15) is 0 Å². The van der Waals surface area contributed by atoms with Gasteiger partial charge in [0.2, 0.25) is 5.71 Å². The number of hydrogen-bond donors (Lipinski definition) is 1. The smallest absolute Gasteiger partial charge is 0.229 e. The zero-order valence-corrected chi connectivity index (χ0v) is 16.9. The van der Waals surface area contributed by atoms with Crippen molar-refractivity contribution in [3.63, 3.8) is 0 Å². The first-order valence-electron chi connectivity index (χ1n) is 9.39. The van der Waals surface area contributed by atoms with Crippen LogP contribution in [0.2, 0.25) is 0 Å². The van der Waals surface area contributed by atoms with Gasteiger partial charge in [0.1, 0.15) is 5.76 Å². The van der Waals surface area contributed by atoms with Crippen LogP contribution in [0.4, 0.5) is 5.69 Å². The van der Waals surface area contributed by atoms with Crippen molar-refractivity contribution >= 4 is 40.3 Å². The molecule has 0 saturated carbocycles. The molecule has 3 nitrogen and oxygen atoms in total. The van der Waals surface area contributed by atoms with E-state index in [1.807, 2.05) is 54.0 Å². The largest absolute Gasteiger partial charge is 0.437 e. The van der Waals surface area contributed by atoms with Crippen LogP contribution >= 0.6 is 23.5 Å². The number of thioether (sulfide) groups is 2. The number of furan rings is 1. The minimum absolute atomic E-state index is 0.601. The molecule has 0 aliphatic carbocycles. The van der Waals surface area contributed by atoms with Gasteiger partial charge in [-0.25, -0.2) is 4.98 Å². The fourth-order valence-corrected chi connectivity index (χ4v) is 6.22. The van der Waals surface area contributed by atoms with Crippen molar-refractivity contribution in [2.45, 2.75) is 4.58 Å². The fraction of sp³-hybridized carbons (Fsp3) is 0.174. The summed E-state index contributed by atoms with van der Waals surface area (Å²) in [5.41, 5.74) is 5.06. The third kappa shape index (κ3) is 3.40. The Morgan fingerprint density at radius 1 is 0.893 bits per heavy atom. The maximum absolute atomic E-state index is 6.29. The van der Waals surface area contributed by atoms with Gasteiger partial charge in [0.15, 0.2) is 0 Å². The summed E-state index contributed by atoms with van der Waals surface area (Å²) in [6, 6.07) is 22.8. The van der Waals surface area contributed by atoms with Gasteiger partial charge >= 0.3 is 0 Å². The molecule has 1 fully saturated rings. The fourth-order valence-electron chi connectivity index (χ4n) is 3.56. The van der Waals surface area contributed by atoms with E-state index >= 15 is 0 Å². The van der Waals surface area contributed by atoms with E-state index in [4.69, 9.17) is 4.42 Å². The monoisotopic (exact) mass is 404 g/mol. The van der Waals surface area contributed by atoms with Crippen molar-refractivity contribution in [2.24, 2.45) is 0 Å². The Bertz CT molecular complexity index is 1070. The molecule has 1 aliphatic heterocycles. The third-order valence-corrected chi connectivity index (χ3v) is 7.87. The van der Waals surface area contributed by atoms with Gasteiger partial charge in [0.05, 0.1) is 9.97 Å². The molecule has 28 heavy (non-hydrogen) atoms. The Balaban J connectivity index is 1.67. The number of anilines is 1. The SMILES string of the molecule is c1ccc(-c2oc3nccc(NCC4SCCS4)c3c2-c2ccccc2)cc1. The van der Waals surface area contributed by atoms with Crippen LogP contribution in [-0.4, -0.2) is 27.6 Å². The van der Waals surface area contributed by atoms with Gasteiger partial charge in [-0.1, -0.05) is 60.7 Å². The molecule has 2 aromatic heterocycles. The minimum atomic E-state index is 0.601.